The first-order chi connectivity index (χ1) is 14.7. The first-order valence-electron chi connectivity index (χ1n) is 9.92. The first kappa shape index (κ1) is 22.5. The zero-order chi connectivity index (χ0) is 22.4. The van der Waals surface area contributed by atoms with E-state index in [1.165, 1.54) is 24.3 Å². The molecule has 0 spiro atoms. The van der Waals surface area contributed by atoms with Crippen LogP contribution in [-0.4, -0.2) is 20.9 Å². The maximum absolute atomic E-state index is 12.6. The van der Waals surface area contributed by atoms with Crippen molar-refractivity contribution in [3.63, 3.8) is 0 Å². The number of anilines is 1. The number of benzene rings is 3. The molecule has 31 heavy (non-hydrogen) atoms. The fourth-order valence-corrected chi connectivity index (χ4v) is 4.22. The van der Waals surface area contributed by atoms with Gasteiger partial charge < -0.3 is 10.1 Å². The zero-order valence-electron chi connectivity index (χ0n) is 17.8. The second-order valence-corrected chi connectivity index (χ2v) is 9.07. The van der Waals surface area contributed by atoms with Gasteiger partial charge in [-0.15, -0.1) is 0 Å². The second kappa shape index (κ2) is 9.76. The summed E-state index contributed by atoms with van der Waals surface area (Å²) < 4.78 is 33.4. The van der Waals surface area contributed by atoms with E-state index in [1.54, 1.807) is 6.92 Å². The van der Waals surface area contributed by atoms with Crippen molar-refractivity contribution >= 4 is 21.6 Å². The average molecular weight is 439 g/mol. The summed E-state index contributed by atoms with van der Waals surface area (Å²) in [6.45, 7) is 5.60. The normalized spacial score (nSPS) is 12.2. The van der Waals surface area contributed by atoms with Crippen LogP contribution < -0.4 is 14.8 Å². The SMILES string of the molecule is Cc1ccc(NC(=O)COc2ccc(S(=O)(=O)N[C@@H](C)c3ccccc3)cc2)cc1C. The number of rotatable bonds is 8. The lowest BCUT2D eigenvalue weighted by atomic mass is 10.1. The van der Waals surface area contributed by atoms with Crippen molar-refractivity contribution in [2.75, 3.05) is 11.9 Å². The van der Waals surface area contributed by atoms with E-state index in [4.69, 9.17) is 4.74 Å². The molecular weight excluding hydrogens is 412 g/mol. The van der Waals surface area contributed by atoms with Crippen LogP contribution in [0, 0.1) is 13.8 Å². The Labute approximate surface area is 183 Å². The van der Waals surface area contributed by atoms with Gasteiger partial charge in [-0.1, -0.05) is 36.4 Å². The van der Waals surface area contributed by atoms with Gasteiger partial charge in [0.25, 0.3) is 5.91 Å². The zero-order valence-corrected chi connectivity index (χ0v) is 18.6. The Morgan fingerprint density at radius 1 is 0.935 bits per heavy atom. The molecule has 0 fully saturated rings. The quantitative estimate of drug-likeness (QED) is 0.547. The Morgan fingerprint density at radius 2 is 1.61 bits per heavy atom. The van der Waals surface area contributed by atoms with Crippen LogP contribution in [0.3, 0.4) is 0 Å². The van der Waals surface area contributed by atoms with Crippen molar-refractivity contribution in [1.82, 2.24) is 4.72 Å². The topological polar surface area (TPSA) is 84.5 Å². The van der Waals surface area contributed by atoms with Crippen molar-refractivity contribution in [2.24, 2.45) is 0 Å². The third-order valence-electron chi connectivity index (χ3n) is 4.93. The number of hydrogen-bond acceptors (Lipinski definition) is 4. The minimum atomic E-state index is -3.69. The maximum Gasteiger partial charge on any atom is 0.262 e. The van der Waals surface area contributed by atoms with Gasteiger partial charge in [0, 0.05) is 11.7 Å². The lowest BCUT2D eigenvalue weighted by Crippen LogP contribution is -2.26. The van der Waals surface area contributed by atoms with E-state index < -0.39 is 10.0 Å². The van der Waals surface area contributed by atoms with Gasteiger partial charge in [0.2, 0.25) is 10.0 Å². The highest BCUT2D eigenvalue weighted by atomic mass is 32.2. The second-order valence-electron chi connectivity index (χ2n) is 7.36. The molecule has 2 N–H and O–H groups in total. The molecule has 0 unspecified atom stereocenters. The lowest BCUT2D eigenvalue weighted by molar-refractivity contribution is -0.118. The maximum atomic E-state index is 12.6. The minimum absolute atomic E-state index is 0.127. The molecule has 0 saturated carbocycles. The lowest BCUT2D eigenvalue weighted by Gasteiger charge is -2.15. The number of sulfonamides is 1. The molecule has 3 aromatic rings. The molecule has 7 heteroatoms. The summed E-state index contributed by atoms with van der Waals surface area (Å²) in [6.07, 6.45) is 0. The van der Waals surface area contributed by atoms with Gasteiger partial charge in [0.05, 0.1) is 4.90 Å². The summed E-state index contributed by atoms with van der Waals surface area (Å²) in [4.78, 5) is 12.2. The predicted molar refractivity (Wildman–Crippen MR) is 122 cm³/mol. The average Bonchev–Trinajstić information content (AvgIpc) is 2.75. The van der Waals surface area contributed by atoms with Gasteiger partial charge in [0.15, 0.2) is 6.61 Å². The molecular formula is C24H26N2O4S. The molecule has 1 amide bonds. The molecule has 0 saturated heterocycles. The van der Waals surface area contributed by atoms with E-state index in [0.717, 1.165) is 16.7 Å². The molecule has 0 aliphatic heterocycles. The van der Waals surface area contributed by atoms with Crippen LogP contribution >= 0.6 is 0 Å². The summed E-state index contributed by atoms with van der Waals surface area (Å²) in [5.41, 5.74) is 3.82. The summed E-state index contributed by atoms with van der Waals surface area (Å²) in [6, 6.07) is 20.6. The van der Waals surface area contributed by atoms with Crippen molar-refractivity contribution in [3.05, 3.63) is 89.5 Å². The minimum Gasteiger partial charge on any atom is -0.484 e. The van der Waals surface area contributed by atoms with E-state index in [2.05, 4.69) is 10.0 Å². The predicted octanol–water partition coefficient (Wildman–Crippen LogP) is 4.36. The molecule has 162 valence electrons. The number of carbonyl (C=O) groups excluding carboxylic acids is 1. The van der Waals surface area contributed by atoms with Crippen LogP contribution in [-0.2, 0) is 14.8 Å². The number of aryl methyl sites for hydroxylation is 2. The largest absolute Gasteiger partial charge is 0.484 e. The number of carbonyl (C=O) groups is 1. The van der Waals surface area contributed by atoms with Crippen LogP contribution in [0.4, 0.5) is 5.69 Å². The Balaban J connectivity index is 1.56. The van der Waals surface area contributed by atoms with Gasteiger partial charge in [0.1, 0.15) is 5.75 Å². The summed E-state index contributed by atoms with van der Waals surface area (Å²) >= 11 is 0. The fourth-order valence-electron chi connectivity index (χ4n) is 2.99. The van der Waals surface area contributed by atoms with Crippen LogP contribution in [0.1, 0.15) is 29.7 Å². The first-order valence-corrected chi connectivity index (χ1v) is 11.4. The monoisotopic (exact) mass is 438 g/mol. The van der Waals surface area contributed by atoms with E-state index in [-0.39, 0.29) is 23.5 Å². The van der Waals surface area contributed by atoms with Crippen molar-refractivity contribution in [3.8, 4) is 5.75 Å². The summed E-state index contributed by atoms with van der Waals surface area (Å²) in [5.74, 6) is 0.114. The highest BCUT2D eigenvalue weighted by molar-refractivity contribution is 7.89. The Hall–Kier alpha value is -3.16. The molecule has 0 aromatic heterocycles. The summed E-state index contributed by atoms with van der Waals surface area (Å²) in [5, 5.41) is 2.78. The standard InChI is InChI=1S/C24H26N2O4S/c1-17-9-10-21(15-18(17)2)25-24(27)16-30-22-11-13-23(14-12-22)31(28,29)26-19(3)20-7-5-4-6-8-20/h4-15,19,26H,16H2,1-3H3,(H,25,27)/t19-/m0/s1. The van der Waals surface area contributed by atoms with E-state index in [1.807, 2.05) is 62.4 Å². The molecule has 0 heterocycles. The molecule has 6 nitrogen and oxygen atoms in total. The molecule has 0 radical (unpaired) electrons. The molecule has 0 aliphatic carbocycles. The highest BCUT2D eigenvalue weighted by Gasteiger charge is 2.18. The third-order valence-corrected chi connectivity index (χ3v) is 6.48. The van der Waals surface area contributed by atoms with Gasteiger partial charge in [-0.2, -0.15) is 0 Å². The number of nitrogens with one attached hydrogen (secondary N) is 2. The Kier molecular flexibility index (Phi) is 7.09. The number of amides is 1. The third kappa shape index (κ3) is 6.16. The number of hydrogen-bond donors (Lipinski definition) is 2. The number of ether oxygens (including phenoxy) is 1. The van der Waals surface area contributed by atoms with Gasteiger partial charge in [-0.05, 0) is 73.9 Å². The smallest absolute Gasteiger partial charge is 0.262 e. The van der Waals surface area contributed by atoms with Crippen LogP contribution in [0.25, 0.3) is 0 Å². The van der Waals surface area contributed by atoms with Crippen LogP contribution in [0.2, 0.25) is 0 Å². The molecule has 3 aromatic carbocycles. The van der Waals surface area contributed by atoms with E-state index in [0.29, 0.717) is 11.4 Å². The van der Waals surface area contributed by atoms with Crippen molar-refractivity contribution in [1.29, 1.82) is 0 Å². The van der Waals surface area contributed by atoms with Crippen LogP contribution in [0.15, 0.2) is 77.7 Å². The Bertz CT molecular complexity index is 1140. The van der Waals surface area contributed by atoms with E-state index in [9.17, 15) is 13.2 Å². The van der Waals surface area contributed by atoms with Crippen LogP contribution in [0.5, 0.6) is 5.75 Å². The Morgan fingerprint density at radius 3 is 2.26 bits per heavy atom. The molecule has 0 aliphatic rings. The molecule has 0 bridgehead atoms. The van der Waals surface area contributed by atoms with Crippen molar-refractivity contribution < 1.29 is 17.9 Å². The van der Waals surface area contributed by atoms with E-state index >= 15 is 0 Å². The van der Waals surface area contributed by atoms with Crippen molar-refractivity contribution in [2.45, 2.75) is 31.7 Å². The fraction of sp³-hybridized carbons (Fsp3) is 0.208. The molecule has 1 atom stereocenters. The highest BCUT2D eigenvalue weighted by Crippen LogP contribution is 2.20. The van der Waals surface area contributed by atoms with Gasteiger partial charge >= 0.3 is 0 Å². The van der Waals surface area contributed by atoms with Gasteiger partial charge in [-0.3, -0.25) is 4.79 Å². The molecule has 3 rings (SSSR count). The summed E-state index contributed by atoms with van der Waals surface area (Å²) in [7, 11) is -3.69. The van der Waals surface area contributed by atoms with Gasteiger partial charge in [-0.25, -0.2) is 13.1 Å².